The minimum atomic E-state index is -0.397. The zero-order valence-electron chi connectivity index (χ0n) is 8.54. The third kappa shape index (κ3) is 2.49. The summed E-state index contributed by atoms with van der Waals surface area (Å²) in [5.74, 6) is 0.796. The van der Waals surface area contributed by atoms with Gasteiger partial charge < -0.3 is 15.2 Å². The van der Waals surface area contributed by atoms with Gasteiger partial charge in [0.05, 0.1) is 6.61 Å². The Hall–Kier alpha value is -0.540. The number of nitrogens with one attached hydrogen (secondary N) is 1. The maximum Gasteiger partial charge on any atom is 0.121 e. The second kappa shape index (κ2) is 4.80. The van der Waals surface area contributed by atoms with Gasteiger partial charge >= 0.3 is 0 Å². The Morgan fingerprint density at radius 1 is 1.57 bits per heavy atom. The first-order valence-corrected chi connectivity index (χ1v) is 5.60. The van der Waals surface area contributed by atoms with E-state index in [-0.39, 0.29) is 0 Å². The number of aliphatic hydroxyl groups excluding tert-OH is 1. The maximum absolute atomic E-state index is 9.90. The molecule has 0 aromatic carbocycles. The quantitative estimate of drug-likeness (QED) is 0.714. The van der Waals surface area contributed by atoms with E-state index in [4.69, 9.17) is 4.74 Å². The molecule has 2 aliphatic heterocycles. The molecule has 14 heavy (non-hydrogen) atoms. The van der Waals surface area contributed by atoms with Crippen LogP contribution in [0.15, 0.2) is 11.8 Å². The Morgan fingerprint density at radius 3 is 3.14 bits per heavy atom. The number of rotatable bonds is 3. The smallest absolute Gasteiger partial charge is 0.121 e. The molecule has 2 unspecified atom stereocenters. The van der Waals surface area contributed by atoms with Crippen molar-refractivity contribution in [3.8, 4) is 0 Å². The van der Waals surface area contributed by atoms with E-state index < -0.39 is 6.10 Å². The molecule has 1 fully saturated rings. The van der Waals surface area contributed by atoms with Crippen LogP contribution in [-0.2, 0) is 4.74 Å². The zero-order valence-corrected chi connectivity index (χ0v) is 8.54. The molecule has 0 aromatic heterocycles. The molecule has 0 amide bonds. The second-order valence-corrected chi connectivity index (χ2v) is 4.14. The van der Waals surface area contributed by atoms with Crippen molar-refractivity contribution in [2.75, 3.05) is 13.2 Å². The molecule has 80 valence electrons. The van der Waals surface area contributed by atoms with E-state index >= 15 is 0 Å². The van der Waals surface area contributed by atoms with E-state index in [1.807, 2.05) is 6.08 Å². The lowest BCUT2D eigenvalue weighted by atomic mass is 10.0. The third-order valence-electron chi connectivity index (χ3n) is 2.96. The van der Waals surface area contributed by atoms with Gasteiger partial charge in [-0.3, -0.25) is 0 Å². The van der Waals surface area contributed by atoms with Crippen molar-refractivity contribution < 1.29 is 9.84 Å². The standard InChI is InChI=1S/C11H19NO2/c13-10(8-9-4-3-6-12-9)11-5-1-2-7-14-11/h5,9-10,12-13H,1-4,6-8H2. The van der Waals surface area contributed by atoms with Crippen LogP contribution in [0.2, 0.25) is 0 Å². The van der Waals surface area contributed by atoms with Crippen molar-refractivity contribution >= 4 is 0 Å². The molecule has 2 N–H and O–H groups in total. The predicted molar refractivity (Wildman–Crippen MR) is 54.9 cm³/mol. The summed E-state index contributed by atoms with van der Waals surface area (Å²) >= 11 is 0. The predicted octanol–water partition coefficient (Wildman–Crippen LogP) is 1.18. The van der Waals surface area contributed by atoms with Gasteiger partial charge in [0.15, 0.2) is 0 Å². The summed E-state index contributed by atoms with van der Waals surface area (Å²) in [6, 6.07) is 0.483. The van der Waals surface area contributed by atoms with Crippen LogP contribution in [0.25, 0.3) is 0 Å². The van der Waals surface area contributed by atoms with Gasteiger partial charge in [-0.05, 0) is 44.7 Å². The van der Waals surface area contributed by atoms with Gasteiger partial charge in [0.2, 0.25) is 0 Å². The average molecular weight is 197 g/mol. The molecule has 2 atom stereocenters. The molecule has 2 aliphatic rings. The molecule has 1 saturated heterocycles. The normalized spacial score (nSPS) is 29.5. The van der Waals surface area contributed by atoms with Crippen LogP contribution in [-0.4, -0.2) is 30.4 Å². The van der Waals surface area contributed by atoms with E-state index in [0.29, 0.717) is 6.04 Å². The molecule has 2 heterocycles. The zero-order chi connectivity index (χ0) is 9.80. The molecule has 0 bridgehead atoms. The van der Waals surface area contributed by atoms with Gasteiger partial charge in [-0.1, -0.05) is 0 Å². The number of hydrogen-bond donors (Lipinski definition) is 2. The van der Waals surface area contributed by atoms with Gasteiger partial charge in [0.25, 0.3) is 0 Å². The summed E-state index contributed by atoms with van der Waals surface area (Å²) in [5.41, 5.74) is 0. The number of aliphatic hydroxyl groups is 1. The topological polar surface area (TPSA) is 41.5 Å². The summed E-state index contributed by atoms with van der Waals surface area (Å²) < 4.78 is 5.43. The summed E-state index contributed by atoms with van der Waals surface area (Å²) in [4.78, 5) is 0. The molecule has 0 aromatic rings. The van der Waals surface area contributed by atoms with Gasteiger partial charge in [0.1, 0.15) is 11.9 Å². The lowest BCUT2D eigenvalue weighted by Crippen LogP contribution is -2.28. The highest BCUT2D eigenvalue weighted by atomic mass is 16.5. The van der Waals surface area contributed by atoms with Crippen molar-refractivity contribution in [2.45, 2.75) is 44.2 Å². The third-order valence-corrected chi connectivity index (χ3v) is 2.96. The van der Waals surface area contributed by atoms with Crippen LogP contribution >= 0.6 is 0 Å². The Bertz CT molecular complexity index is 209. The first-order chi connectivity index (χ1) is 6.86. The van der Waals surface area contributed by atoms with E-state index in [2.05, 4.69) is 5.32 Å². The van der Waals surface area contributed by atoms with Gasteiger partial charge in [0, 0.05) is 6.04 Å². The molecule has 0 radical (unpaired) electrons. The lowest BCUT2D eigenvalue weighted by Gasteiger charge is -2.22. The summed E-state index contributed by atoms with van der Waals surface area (Å²) in [5, 5.41) is 13.3. The van der Waals surface area contributed by atoms with Crippen LogP contribution < -0.4 is 5.32 Å². The summed E-state index contributed by atoms with van der Waals surface area (Å²) in [7, 11) is 0. The number of ether oxygens (including phenoxy) is 1. The second-order valence-electron chi connectivity index (χ2n) is 4.14. The van der Waals surface area contributed by atoms with Crippen LogP contribution in [0, 0.1) is 0 Å². The maximum atomic E-state index is 9.90. The lowest BCUT2D eigenvalue weighted by molar-refractivity contribution is 0.0813. The van der Waals surface area contributed by atoms with Crippen LogP contribution in [0.1, 0.15) is 32.1 Å². The molecule has 0 aliphatic carbocycles. The largest absolute Gasteiger partial charge is 0.496 e. The first kappa shape index (κ1) is 9.99. The molecular weight excluding hydrogens is 178 g/mol. The van der Waals surface area contributed by atoms with Gasteiger partial charge in [-0.15, -0.1) is 0 Å². The van der Waals surface area contributed by atoms with E-state index in [9.17, 15) is 5.11 Å². The van der Waals surface area contributed by atoms with Crippen molar-refractivity contribution in [1.82, 2.24) is 5.32 Å². The van der Waals surface area contributed by atoms with Gasteiger partial charge in [-0.2, -0.15) is 0 Å². The minimum absolute atomic E-state index is 0.397. The molecule has 3 nitrogen and oxygen atoms in total. The molecule has 0 saturated carbocycles. The summed E-state index contributed by atoms with van der Waals surface area (Å²) in [6.45, 7) is 1.86. The van der Waals surface area contributed by atoms with E-state index in [1.54, 1.807) is 0 Å². The van der Waals surface area contributed by atoms with Crippen molar-refractivity contribution in [1.29, 1.82) is 0 Å². The Balaban J connectivity index is 1.81. The Kier molecular flexibility index (Phi) is 3.43. The molecular formula is C11H19NO2. The van der Waals surface area contributed by atoms with Crippen molar-refractivity contribution in [3.63, 3.8) is 0 Å². The average Bonchev–Trinajstić information content (AvgIpc) is 2.72. The van der Waals surface area contributed by atoms with Crippen LogP contribution in [0.3, 0.4) is 0 Å². The fourth-order valence-corrected chi connectivity index (χ4v) is 2.15. The Morgan fingerprint density at radius 2 is 2.50 bits per heavy atom. The Labute approximate surface area is 85.1 Å². The monoisotopic (exact) mass is 197 g/mol. The highest BCUT2D eigenvalue weighted by molar-refractivity contribution is 5.03. The van der Waals surface area contributed by atoms with E-state index in [0.717, 1.165) is 38.2 Å². The molecule has 2 rings (SSSR count). The fourth-order valence-electron chi connectivity index (χ4n) is 2.15. The van der Waals surface area contributed by atoms with Gasteiger partial charge in [-0.25, -0.2) is 0 Å². The van der Waals surface area contributed by atoms with Crippen LogP contribution in [0.5, 0.6) is 0 Å². The van der Waals surface area contributed by atoms with E-state index in [1.165, 1.54) is 12.8 Å². The first-order valence-electron chi connectivity index (χ1n) is 5.60. The minimum Gasteiger partial charge on any atom is -0.496 e. The number of allylic oxidation sites excluding steroid dienone is 1. The highest BCUT2D eigenvalue weighted by Gasteiger charge is 2.22. The van der Waals surface area contributed by atoms with Crippen LogP contribution in [0.4, 0.5) is 0 Å². The molecule has 3 heteroatoms. The fraction of sp³-hybridized carbons (Fsp3) is 0.818. The highest BCUT2D eigenvalue weighted by Crippen LogP contribution is 2.19. The van der Waals surface area contributed by atoms with Crippen molar-refractivity contribution in [2.24, 2.45) is 0 Å². The van der Waals surface area contributed by atoms with Crippen molar-refractivity contribution in [3.05, 3.63) is 11.8 Å². The molecule has 0 spiro atoms. The summed E-state index contributed by atoms with van der Waals surface area (Å²) in [6.07, 6.45) is 6.98. The SMILES string of the molecule is OC(CC1CCCN1)C1=CCCCO1. The number of hydrogen-bond acceptors (Lipinski definition) is 3.